The number of Topliss-reactive ketones (excluding diaryl/α,β-unsaturated/α-hetero) is 1. The van der Waals surface area contributed by atoms with Gasteiger partial charge in [0.15, 0.2) is 0 Å². The summed E-state index contributed by atoms with van der Waals surface area (Å²) in [5, 5.41) is 11.2. The smallest absolute Gasteiger partial charge is 0.296 e. The Morgan fingerprint density at radius 2 is 1.85 bits per heavy atom. The molecule has 1 atom stereocenters. The molecule has 0 aliphatic carbocycles. The summed E-state index contributed by atoms with van der Waals surface area (Å²) in [4.78, 5) is 27.8. The van der Waals surface area contributed by atoms with Gasteiger partial charge in [0.05, 0.1) is 18.4 Å². The number of aryl methyl sites for hydroxylation is 3. The number of carbonyl (C=O) groups excluding carboxylic acids is 2. The zero-order chi connectivity index (χ0) is 24.4. The summed E-state index contributed by atoms with van der Waals surface area (Å²) in [7, 11) is 0. The van der Waals surface area contributed by atoms with E-state index < -0.39 is 17.7 Å². The van der Waals surface area contributed by atoms with Gasteiger partial charge in [-0.25, -0.2) is 0 Å². The van der Waals surface area contributed by atoms with Crippen LogP contribution < -0.4 is 4.74 Å². The number of furan rings is 1. The first-order valence-corrected chi connectivity index (χ1v) is 11.4. The summed E-state index contributed by atoms with van der Waals surface area (Å²) < 4.78 is 11.4. The van der Waals surface area contributed by atoms with E-state index in [9.17, 15) is 14.7 Å². The molecule has 1 aromatic heterocycles. The maximum atomic E-state index is 13.2. The molecule has 1 aliphatic rings. The molecule has 34 heavy (non-hydrogen) atoms. The fourth-order valence-electron chi connectivity index (χ4n) is 4.27. The Balaban J connectivity index is 1.79. The molecular formula is C28H29NO5. The van der Waals surface area contributed by atoms with Crippen molar-refractivity contribution in [3.63, 3.8) is 0 Å². The Hall–Kier alpha value is -3.80. The van der Waals surface area contributed by atoms with E-state index in [0.29, 0.717) is 17.9 Å². The van der Waals surface area contributed by atoms with Gasteiger partial charge in [0.1, 0.15) is 23.3 Å². The average molecular weight is 460 g/mol. The lowest BCUT2D eigenvalue weighted by Crippen LogP contribution is -2.29. The molecule has 1 saturated heterocycles. The number of nitrogens with zero attached hydrogens (tertiary/aromatic N) is 1. The van der Waals surface area contributed by atoms with E-state index in [1.165, 1.54) is 11.2 Å². The van der Waals surface area contributed by atoms with E-state index in [0.717, 1.165) is 34.4 Å². The van der Waals surface area contributed by atoms with E-state index in [2.05, 4.69) is 0 Å². The van der Waals surface area contributed by atoms with E-state index in [-0.39, 0.29) is 17.9 Å². The molecule has 6 heteroatoms. The van der Waals surface area contributed by atoms with Gasteiger partial charge in [-0.1, -0.05) is 30.7 Å². The van der Waals surface area contributed by atoms with Crippen LogP contribution in [-0.4, -0.2) is 28.3 Å². The van der Waals surface area contributed by atoms with Crippen LogP contribution in [-0.2, 0) is 16.1 Å². The van der Waals surface area contributed by atoms with Gasteiger partial charge >= 0.3 is 0 Å². The highest BCUT2D eigenvalue weighted by molar-refractivity contribution is 6.46. The maximum Gasteiger partial charge on any atom is 0.296 e. The lowest BCUT2D eigenvalue weighted by atomic mass is 9.98. The van der Waals surface area contributed by atoms with Crippen molar-refractivity contribution in [1.29, 1.82) is 0 Å². The van der Waals surface area contributed by atoms with E-state index in [1.54, 1.807) is 30.3 Å². The number of aliphatic hydroxyl groups is 1. The molecule has 0 radical (unpaired) electrons. The summed E-state index contributed by atoms with van der Waals surface area (Å²) in [5.41, 5.74) is 4.31. The van der Waals surface area contributed by atoms with Gasteiger partial charge in [0, 0.05) is 12.1 Å². The Kier molecular flexibility index (Phi) is 6.59. The van der Waals surface area contributed by atoms with Crippen molar-refractivity contribution in [2.24, 2.45) is 0 Å². The zero-order valence-corrected chi connectivity index (χ0v) is 19.9. The molecule has 6 nitrogen and oxygen atoms in total. The molecule has 3 aromatic rings. The largest absolute Gasteiger partial charge is 0.507 e. The number of carbonyl (C=O) groups is 2. The van der Waals surface area contributed by atoms with Crippen LogP contribution in [0.15, 0.2) is 64.8 Å². The fourth-order valence-corrected chi connectivity index (χ4v) is 4.27. The van der Waals surface area contributed by atoms with E-state index in [4.69, 9.17) is 9.15 Å². The van der Waals surface area contributed by atoms with Crippen LogP contribution in [0.5, 0.6) is 5.75 Å². The number of hydrogen-bond acceptors (Lipinski definition) is 5. The van der Waals surface area contributed by atoms with Crippen molar-refractivity contribution in [2.75, 3.05) is 6.61 Å². The van der Waals surface area contributed by atoms with E-state index >= 15 is 0 Å². The third-order valence-corrected chi connectivity index (χ3v) is 6.11. The molecule has 1 fully saturated rings. The minimum atomic E-state index is -0.828. The Bertz CT molecular complexity index is 1260. The maximum absolute atomic E-state index is 13.2. The van der Waals surface area contributed by atoms with Crippen LogP contribution >= 0.6 is 0 Å². The minimum absolute atomic E-state index is 0.0203. The van der Waals surface area contributed by atoms with Crippen LogP contribution in [0.25, 0.3) is 5.76 Å². The summed E-state index contributed by atoms with van der Waals surface area (Å²) in [6.07, 6.45) is 2.38. The van der Waals surface area contributed by atoms with Crippen LogP contribution in [0.2, 0.25) is 0 Å². The highest BCUT2D eigenvalue weighted by atomic mass is 16.5. The third kappa shape index (κ3) is 4.36. The quantitative estimate of drug-likeness (QED) is 0.282. The van der Waals surface area contributed by atoms with Gasteiger partial charge < -0.3 is 19.2 Å². The van der Waals surface area contributed by atoms with Gasteiger partial charge in [-0.3, -0.25) is 9.59 Å². The van der Waals surface area contributed by atoms with Crippen LogP contribution in [0.3, 0.4) is 0 Å². The molecule has 4 rings (SSSR count). The van der Waals surface area contributed by atoms with Gasteiger partial charge in [-0.15, -0.1) is 0 Å². The second-order valence-corrected chi connectivity index (χ2v) is 8.70. The molecule has 1 unspecified atom stereocenters. The number of aliphatic hydroxyl groups excluding tert-OH is 1. The summed E-state index contributed by atoms with van der Waals surface area (Å²) in [5.74, 6) is -0.480. The molecule has 0 saturated carbocycles. The van der Waals surface area contributed by atoms with Crippen molar-refractivity contribution in [1.82, 2.24) is 4.90 Å². The molecule has 1 aliphatic heterocycles. The summed E-state index contributed by atoms with van der Waals surface area (Å²) in [6.45, 7) is 8.68. The standard InChI is InChI=1S/C28H29NO5/c1-5-12-33-22-11-10-20(15-19(22)4)26(30)24-25(23-7-6-13-34-23)29(28(32)27(24)31)16-21-14-17(2)8-9-18(21)3/h6-11,13-15,25,30H,5,12,16H2,1-4H3/b26-24-. The lowest BCUT2D eigenvalue weighted by molar-refractivity contribution is -0.140. The van der Waals surface area contributed by atoms with Crippen LogP contribution in [0, 0.1) is 20.8 Å². The van der Waals surface area contributed by atoms with Crippen LogP contribution in [0.4, 0.5) is 0 Å². The van der Waals surface area contributed by atoms with Gasteiger partial charge in [0.25, 0.3) is 11.7 Å². The predicted molar refractivity (Wildman–Crippen MR) is 129 cm³/mol. The normalized spacial score (nSPS) is 17.4. The number of ketones is 1. The molecule has 2 aromatic carbocycles. The number of ether oxygens (including phenoxy) is 1. The first kappa shape index (κ1) is 23.4. The second kappa shape index (κ2) is 9.59. The Morgan fingerprint density at radius 3 is 2.53 bits per heavy atom. The van der Waals surface area contributed by atoms with Crippen molar-refractivity contribution in [2.45, 2.75) is 46.7 Å². The molecule has 2 heterocycles. The van der Waals surface area contributed by atoms with E-state index in [1.807, 2.05) is 45.9 Å². The number of likely N-dealkylation sites (tertiary alicyclic amines) is 1. The lowest BCUT2D eigenvalue weighted by Gasteiger charge is -2.24. The molecule has 0 spiro atoms. The molecule has 1 amide bonds. The molecule has 176 valence electrons. The van der Waals surface area contributed by atoms with Gasteiger partial charge in [-0.05, 0) is 74.2 Å². The SMILES string of the molecule is CCCOc1ccc(/C(O)=C2/C(=O)C(=O)N(Cc3cc(C)ccc3C)C2c2ccco2)cc1C. The predicted octanol–water partition coefficient (Wildman–Crippen LogP) is 5.62. The second-order valence-electron chi connectivity index (χ2n) is 8.70. The van der Waals surface area contributed by atoms with Crippen molar-refractivity contribution >= 4 is 17.4 Å². The Labute approximate surface area is 199 Å². The monoisotopic (exact) mass is 459 g/mol. The summed E-state index contributed by atoms with van der Waals surface area (Å²) in [6, 6.07) is 13.8. The number of hydrogen-bond donors (Lipinski definition) is 1. The molecule has 1 N–H and O–H groups in total. The zero-order valence-electron chi connectivity index (χ0n) is 19.9. The highest BCUT2D eigenvalue weighted by Gasteiger charge is 2.47. The Morgan fingerprint density at radius 1 is 1.06 bits per heavy atom. The van der Waals surface area contributed by atoms with Crippen molar-refractivity contribution in [3.05, 3.63) is 93.9 Å². The third-order valence-electron chi connectivity index (χ3n) is 6.11. The topological polar surface area (TPSA) is 80.0 Å². The first-order valence-electron chi connectivity index (χ1n) is 11.4. The minimum Gasteiger partial charge on any atom is -0.507 e. The van der Waals surface area contributed by atoms with Crippen molar-refractivity contribution < 1.29 is 23.8 Å². The number of benzene rings is 2. The summed E-state index contributed by atoms with van der Waals surface area (Å²) >= 11 is 0. The average Bonchev–Trinajstić information content (AvgIpc) is 3.43. The van der Waals surface area contributed by atoms with Crippen LogP contribution in [0.1, 0.15) is 53.0 Å². The van der Waals surface area contributed by atoms with Crippen molar-refractivity contribution in [3.8, 4) is 5.75 Å². The first-order chi connectivity index (χ1) is 16.3. The highest BCUT2D eigenvalue weighted by Crippen LogP contribution is 2.41. The number of rotatable bonds is 7. The van der Waals surface area contributed by atoms with Gasteiger partial charge in [0.2, 0.25) is 0 Å². The molecular weight excluding hydrogens is 430 g/mol. The number of amides is 1. The molecule has 0 bridgehead atoms. The van der Waals surface area contributed by atoms with Gasteiger partial charge in [-0.2, -0.15) is 0 Å². The fraction of sp³-hybridized carbons (Fsp3) is 0.286.